The first kappa shape index (κ1) is 13.9. The van der Waals surface area contributed by atoms with Crippen LogP contribution in [0.3, 0.4) is 0 Å². The maximum Gasteiger partial charge on any atom is 0.249 e. The largest absolute Gasteiger partial charge is 0.382 e. The van der Waals surface area contributed by atoms with Crippen molar-refractivity contribution in [2.75, 3.05) is 5.32 Å². The number of nitrogens with two attached hydrogens (primary N) is 1. The molecule has 1 unspecified atom stereocenters. The van der Waals surface area contributed by atoms with Crippen LogP contribution in [0, 0.1) is 12.3 Å². The third-order valence-corrected chi connectivity index (χ3v) is 4.44. The molecule has 2 rings (SSSR count). The maximum absolute atomic E-state index is 11.4. The van der Waals surface area contributed by atoms with Gasteiger partial charge in [-0.25, -0.2) is 0 Å². The Labute approximate surface area is 115 Å². The Morgan fingerprint density at radius 2 is 2.11 bits per heavy atom. The summed E-state index contributed by atoms with van der Waals surface area (Å²) >= 11 is 0. The quantitative estimate of drug-likeness (QED) is 0.874. The minimum Gasteiger partial charge on any atom is -0.382 e. The van der Waals surface area contributed by atoms with E-state index in [1.807, 2.05) is 19.1 Å². The summed E-state index contributed by atoms with van der Waals surface area (Å²) in [5, 5.41) is 3.63. The Hall–Kier alpha value is -1.51. The lowest BCUT2D eigenvalue weighted by Gasteiger charge is -2.40. The van der Waals surface area contributed by atoms with Crippen LogP contribution in [0.5, 0.6) is 0 Å². The van der Waals surface area contributed by atoms with Gasteiger partial charge in [-0.15, -0.1) is 0 Å². The van der Waals surface area contributed by atoms with Crippen LogP contribution < -0.4 is 11.1 Å². The number of anilines is 1. The number of nitrogens with one attached hydrogen (secondary N) is 1. The fourth-order valence-corrected chi connectivity index (χ4v) is 3.01. The zero-order chi connectivity index (χ0) is 14.0. The second-order valence-corrected chi connectivity index (χ2v) is 6.27. The molecule has 19 heavy (non-hydrogen) atoms. The summed E-state index contributed by atoms with van der Waals surface area (Å²) in [6.07, 6.45) is 5.02. The van der Waals surface area contributed by atoms with Crippen LogP contribution in [0.15, 0.2) is 18.2 Å². The number of hydrogen-bond acceptors (Lipinski definition) is 2. The molecule has 3 N–H and O–H groups in total. The summed E-state index contributed by atoms with van der Waals surface area (Å²) in [5.41, 5.74) is 8.31. The predicted octanol–water partition coefficient (Wildman–Crippen LogP) is 3.47. The predicted molar refractivity (Wildman–Crippen MR) is 79.4 cm³/mol. The monoisotopic (exact) mass is 260 g/mol. The molecule has 1 aromatic carbocycles. The van der Waals surface area contributed by atoms with Crippen molar-refractivity contribution in [3.8, 4) is 0 Å². The average Bonchev–Trinajstić information content (AvgIpc) is 2.33. The molecule has 1 saturated carbocycles. The molecule has 0 aromatic heterocycles. The van der Waals surface area contributed by atoms with Gasteiger partial charge >= 0.3 is 0 Å². The molecule has 3 nitrogen and oxygen atoms in total. The molecule has 0 aliphatic heterocycles. The summed E-state index contributed by atoms with van der Waals surface area (Å²) in [6.45, 7) is 6.59. The van der Waals surface area contributed by atoms with Crippen molar-refractivity contribution in [1.29, 1.82) is 0 Å². The van der Waals surface area contributed by atoms with Crippen LogP contribution in [0.25, 0.3) is 0 Å². The van der Waals surface area contributed by atoms with Crippen molar-refractivity contribution in [1.82, 2.24) is 0 Å². The van der Waals surface area contributed by atoms with Gasteiger partial charge in [0.25, 0.3) is 0 Å². The molecule has 1 fully saturated rings. The van der Waals surface area contributed by atoms with Crippen LogP contribution in [0.4, 0.5) is 5.69 Å². The summed E-state index contributed by atoms with van der Waals surface area (Å²) in [6, 6.07) is 6.18. The Morgan fingerprint density at radius 1 is 1.37 bits per heavy atom. The highest BCUT2D eigenvalue weighted by Crippen LogP contribution is 2.37. The van der Waals surface area contributed by atoms with Gasteiger partial charge in [0.1, 0.15) is 0 Å². The molecule has 1 amide bonds. The Bertz CT molecular complexity index is 480. The van der Waals surface area contributed by atoms with Crippen LogP contribution in [0.2, 0.25) is 0 Å². The molecule has 0 heterocycles. The number of primary amides is 1. The topological polar surface area (TPSA) is 55.1 Å². The Morgan fingerprint density at radius 3 is 2.74 bits per heavy atom. The van der Waals surface area contributed by atoms with Crippen molar-refractivity contribution in [2.24, 2.45) is 11.1 Å². The van der Waals surface area contributed by atoms with Crippen molar-refractivity contribution >= 4 is 11.6 Å². The summed E-state index contributed by atoms with van der Waals surface area (Å²) in [7, 11) is 0. The van der Waals surface area contributed by atoms with Crippen LogP contribution in [0.1, 0.15) is 55.5 Å². The van der Waals surface area contributed by atoms with Gasteiger partial charge in [-0.2, -0.15) is 0 Å². The van der Waals surface area contributed by atoms with Gasteiger partial charge in [0.2, 0.25) is 5.91 Å². The van der Waals surface area contributed by atoms with E-state index in [2.05, 4.69) is 19.2 Å². The zero-order valence-electron chi connectivity index (χ0n) is 12.1. The molecule has 104 valence electrons. The first-order valence-corrected chi connectivity index (χ1v) is 7.08. The van der Waals surface area contributed by atoms with Gasteiger partial charge in [0, 0.05) is 17.3 Å². The molecular formula is C16H24N2O. The van der Waals surface area contributed by atoms with Crippen molar-refractivity contribution in [3.05, 3.63) is 29.3 Å². The second kappa shape index (κ2) is 5.24. The number of carbonyl (C=O) groups excluding carboxylic acids is 1. The van der Waals surface area contributed by atoms with Crippen molar-refractivity contribution < 1.29 is 4.79 Å². The average molecular weight is 260 g/mol. The number of hydrogen-bond donors (Lipinski definition) is 2. The fraction of sp³-hybridized carbons (Fsp3) is 0.562. The molecule has 1 aliphatic rings. The molecule has 0 radical (unpaired) electrons. The number of rotatable bonds is 3. The van der Waals surface area contributed by atoms with Gasteiger partial charge in [-0.1, -0.05) is 32.8 Å². The van der Waals surface area contributed by atoms with E-state index >= 15 is 0 Å². The molecule has 3 heteroatoms. The van der Waals surface area contributed by atoms with Crippen LogP contribution >= 0.6 is 0 Å². The molecule has 1 atom stereocenters. The fourth-order valence-electron chi connectivity index (χ4n) is 3.01. The molecule has 1 aromatic rings. The first-order chi connectivity index (χ1) is 8.92. The van der Waals surface area contributed by atoms with E-state index in [0.717, 1.165) is 11.3 Å². The lowest BCUT2D eigenvalue weighted by atomic mass is 9.73. The summed E-state index contributed by atoms with van der Waals surface area (Å²) in [4.78, 5) is 11.4. The summed E-state index contributed by atoms with van der Waals surface area (Å²) < 4.78 is 0. The second-order valence-electron chi connectivity index (χ2n) is 6.27. The van der Waals surface area contributed by atoms with Gasteiger partial charge < -0.3 is 11.1 Å². The van der Waals surface area contributed by atoms with E-state index in [-0.39, 0.29) is 5.91 Å². The normalized spacial score (nSPS) is 21.9. The number of amides is 1. The first-order valence-electron chi connectivity index (χ1n) is 7.08. The van der Waals surface area contributed by atoms with E-state index in [4.69, 9.17) is 5.73 Å². The van der Waals surface area contributed by atoms with Crippen LogP contribution in [-0.4, -0.2) is 11.9 Å². The zero-order valence-corrected chi connectivity index (χ0v) is 12.1. The van der Waals surface area contributed by atoms with E-state index in [1.165, 1.54) is 25.7 Å². The van der Waals surface area contributed by atoms with Crippen molar-refractivity contribution in [2.45, 2.75) is 52.5 Å². The standard InChI is InChI=1S/C16H24N2O/c1-11-12(15(17)19)7-6-8-13(11)18-14-9-4-5-10-16(14,2)3/h6-8,14,18H,4-5,9-10H2,1-3H3,(H2,17,19). The van der Waals surface area contributed by atoms with E-state index in [9.17, 15) is 4.79 Å². The highest BCUT2D eigenvalue weighted by atomic mass is 16.1. The maximum atomic E-state index is 11.4. The van der Waals surface area contributed by atoms with Gasteiger partial charge in [-0.3, -0.25) is 4.79 Å². The minimum atomic E-state index is -0.357. The van der Waals surface area contributed by atoms with E-state index < -0.39 is 0 Å². The lowest BCUT2D eigenvalue weighted by Crippen LogP contribution is -2.39. The lowest BCUT2D eigenvalue weighted by molar-refractivity contribution is 0.1000. The van der Waals surface area contributed by atoms with Crippen molar-refractivity contribution in [3.63, 3.8) is 0 Å². The summed E-state index contributed by atoms with van der Waals surface area (Å²) in [5.74, 6) is -0.357. The van der Waals surface area contributed by atoms with E-state index in [1.54, 1.807) is 6.07 Å². The third kappa shape index (κ3) is 2.91. The van der Waals surface area contributed by atoms with Gasteiger partial charge in [-0.05, 0) is 42.9 Å². The highest BCUT2D eigenvalue weighted by molar-refractivity contribution is 5.95. The minimum absolute atomic E-state index is 0.299. The van der Waals surface area contributed by atoms with Gasteiger partial charge in [0.05, 0.1) is 0 Å². The van der Waals surface area contributed by atoms with E-state index in [0.29, 0.717) is 17.0 Å². The van der Waals surface area contributed by atoms with Gasteiger partial charge in [0.15, 0.2) is 0 Å². The molecule has 0 saturated heterocycles. The highest BCUT2D eigenvalue weighted by Gasteiger charge is 2.32. The Balaban J connectivity index is 2.23. The third-order valence-electron chi connectivity index (χ3n) is 4.44. The molecule has 0 bridgehead atoms. The molecule has 0 spiro atoms. The van der Waals surface area contributed by atoms with Crippen LogP contribution in [-0.2, 0) is 0 Å². The Kier molecular flexibility index (Phi) is 3.83. The number of carbonyl (C=O) groups is 1. The number of benzene rings is 1. The molecule has 1 aliphatic carbocycles. The molecular weight excluding hydrogens is 236 g/mol. The SMILES string of the molecule is Cc1c(NC2CCCCC2(C)C)cccc1C(N)=O. The smallest absolute Gasteiger partial charge is 0.249 e.